The quantitative estimate of drug-likeness (QED) is 0.775. The van der Waals surface area contributed by atoms with Crippen molar-refractivity contribution in [2.45, 2.75) is 52.5 Å². The minimum Gasteiger partial charge on any atom is -0.312 e. The fourth-order valence-corrected chi connectivity index (χ4v) is 2.78. The summed E-state index contributed by atoms with van der Waals surface area (Å²) in [5, 5.41) is 3.72. The second-order valence-corrected chi connectivity index (χ2v) is 6.78. The summed E-state index contributed by atoms with van der Waals surface area (Å²) in [7, 11) is 0. The topological polar surface area (TPSA) is 15.3 Å². The van der Waals surface area contributed by atoms with Gasteiger partial charge < -0.3 is 10.2 Å². The van der Waals surface area contributed by atoms with Gasteiger partial charge in [-0.3, -0.25) is 0 Å². The number of rotatable bonds is 2. The van der Waals surface area contributed by atoms with Crippen molar-refractivity contribution >= 4 is 0 Å². The zero-order valence-electron chi connectivity index (χ0n) is 11.3. The van der Waals surface area contributed by atoms with Crippen LogP contribution in [0.15, 0.2) is 0 Å². The van der Waals surface area contributed by atoms with Crippen LogP contribution in [0.2, 0.25) is 0 Å². The summed E-state index contributed by atoms with van der Waals surface area (Å²) in [5.74, 6) is 1.01. The molecular formula is C14H28N2. The van der Waals surface area contributed by atoms with Crippen LogP contribution in [0, 0.1) is 11.3 Å². The first-order valence-electron chi connectivity index (χ1n) is 7.01. The lowest BCUT2D eigenvalue weighted by Crippen LogP contribution is -2.47. The normalized spacial score (nSPS) is 29.8. The largest absolute Gasteiger partial charge is 0.312 e. The molecule has 0 radical (unpaired) electrons. The molecule has 0 aromatic heterocycles. The molecule has 1 saturated carbocycles. The van der Waals surface area contributed by atoms with Gasteiger partial charge in [0.1, 0.15) is 0 Å². The van der Waals surface area contributed by atoms with Crippen molar-refractivity contribution < 1.29 is 0 Å². The lowest BCUT2D eigenvalue weighted by atomic mass is 9.84. The highest BCUT2D eigenvalue weighted by atomic mass is 15.2. The summed E-state index contributed by atoms with van der Waals surface area (Å²) in [6, 6.07) is 0.662. The highest BCUT2D eigenvalue weighted by Crippen LogP contribution is 2.28. The molecule has 2 rings (SSSR count). The zero-order chi connectivity index (χ0) is 11.6. The summed E-state index contributed by atoms with van der Waals surface area (Å²) in [6.45, 7) is 12.2. The molecule has 2 heteroatoms. The van der Waals surface area contributed by atoms with E-state index in [1.54, 1.807) is 0 Å². The Kier molecular flexibility index (Phi) is 3.91. The molecule has 2 fully saturated rings. The molecule has 94 valence electrons. The van der Waals surface area contributed by atoms with Crippen molar-refractivity contribution in [2.24, 2.45) is 11.3 Å². The molecule has 16 heavy (non-hydrogen) atoms. The Hall–Kier alpha value is -0.0800. The van der Waals surface area contributed by atoms with Crippen molar-refractivity contribution in [1.29, 1.82) is 0 Å². The average Bonchev–Trinajstić information content (AvgIpc) is 2.35. The predicted molar refractivity (Wildman–Crippen MR) is 69.6 cm³/mol. The van der Waals surface area contributed by atoms with Gasteiger partial charge in [0, 0.05) is 19.1 Å². The molecule has 0 amide bonds. The van der Waals surface area contributed by atoms with E-state index in [0.717, 1.165) is 5.92 Å². The lowest BCUT2D eigenvalue weighted by molar-refractivity contribution is 0.149. The van der Waals surface area contributed by atoms with E-state index in [1.165, 1.54) is 51.9 Å². The Morgan fingerprint density at radius 3 is 2.50 bits per heavy atom. The molecule has 0 aromatic carbocycles. The number of hydrogen-bond donors (Lipinski definition) is 1. The SMILES string of the molecule is CC(C)(C)C1CN(CC2CCC2)CCCN1. The highest BCUT2D eigenvalue weighted by molar-refractivity contribution is 4.87. The van der Waals surface area contributed by atoms with Gasteiger partial charge in [0.2, 0.25) is 0 Å². The van der Waals surface area contributed by atoms with Crippen molar-refractivity contribution in [3.8, 4) is 0 Å². The Morgan fingerprint density at radius 1 is 1.19 bits per heavy atom. The van der Waals surface area contributed by atoms with E-state index in [-0.39, 0.29) is 0 Å². The van der Waals surface area contributed by atoms with Crippen LogP contribution in [-0.4, -0.2) is 37.1 Å². The second-order valence-electron chi connectivity index (χ2n) is 6.78. The van der Waals surface area contributed by atoms with Gasteiger partial charge >= 0.3 is 0 Å². The molecular weight excluding hydrogens is 196 g/mol. The van der Waals surface area contributed by atoms with Crippen molar-refractivity contribution in [3.05, 3.63) is 0 Å². The minimum absolute atomic E-state index is 0.391. The third-order valence-electron chi connectivity index (χ3n) is 4.27. The monoisotopic (exact) mass is 224 g/mol. The maximum absolute atomic E-state index is 3.72. The Morgan fingerprint density at radius 2 is 1.94 bits per heavy atom. The smallest absolute Gasteiger partial charge is 0.0243 e. The van der Waals surface area contributed by atoms with Crippen molar-refractivity contribution in [3.63, 3.8) is 0 Å². The van der Waals surface area contributed by atoms with Crippen LogP contribution in [0.5, 0.6) is 0 Å². The maximum atomic E-state index is 3.72. The third kappa shape index (κ3) is 3.21. The molecule has 2 aliphatic rings. The first-order valence-corrected chi connectivity index (χ1v) is 7.01. The summed E-state index contributed by atoms with van der Waals surface area (Å²) in [6.07, 6.45) is 5.74. The van der Waals surface area contributed by atoms with E-state index < -0.39 is 0 Å². The Bertz CT molecular complexity index is 215. The molecule has 1 aliphatic carbocycles. The van der Waals surface area contributed by atoms with Crippen molar-refractivity contribution in [1.82, 2.24) is 10.2 Å². The molecule has 0 bridgehead atoms. The van der Waals surface area contributed by atoms with Gasteiger partial charge in [-0.05, 0) is 43.7 Å². The summed E-state index contributed by atoms with van der Waals surface area (Å²) in [4.78, 5) is 2.71. The standard InChI is InChI=1S/C14H28N2/c1-14(2,3)13-11-16(9-5-8-15-13)10-12-6-4-7-12/h12-13,15H,4-11H2,1-3H3. The Labute approximate surface area is 101 Å². The summed E-state index contributed by atoms with van der Waals surface area (Å²) >= 11 is 0. The van der Waals surface area contributed by atoms with Gasteiger partial charge in [-0.15, -0.1) is 0 Å². The predicted octanol–water partition coefficient (Wildman–Crippen LogP) is 2.50. The van der Waals surface area contributed by atoms with Crippen LogP contribution >= 0.6 is 0 Å². The second kappa shape index (κ2) is 5.05. The van der Waals surface area contributed by atoms with E-state index in [4.69, 9.17) is 0 Å². The van der Waals surface area contributed by atoms with Gasteiger partial charge in [-0.2, -0.15) is 0 Å². The zero-order valence-corrected chi connectivity index (χ0v) is 11.3. The van der Waals surface area contributed by atoms with Gasteiger partial charge in [0.15, 0.2) is 0 Å². The molecule has 0 spiro atoms. The molecule has 1 unspecified atom stereocenters. The van der Waals surface area contributed by atoms with Crippen molar-refractivity contribution in [2.75, 3.05) is 26.2 Å². The highest BCUT2D eigenvalue weighted by Gasteiger charge is 2.29. The minimum atomic E-state index is 0.391. The van der Waals surface area contributed by atoms with Gasteiger partial charge in [-0.1, -0.05) is 27.2 Å². The molecule has 1 N–H and O–H groups in total. The fourth-order valence-electron chi connectivity index (χ4n) is 2.78. The van der Waals surface area contributed by atoms with Crippen LogP contribution in [-0.2, 0) is 0 Å². The Balaban J connectivity index is 1.87. The molecule has 1 aliphatic heterocycles. The average molecular weight is 224 g/mol. The lowest BCUT2D eigenvalue weighted by Gasteiger charge is -2.36. The first-order chi connectivity index (χ1) is 7.55. The third-order valence-corrected chi connectivity index (χ3v) is 4.27. The maximum Gasteiger partial charge on any atom is 0.0243 e. The summed E-state index contributed by atoms with van der Waals surface area (Å²) in [5.41, 5.74) is 0.391. The van der Waals surface area contributed by atoms with E-state index in [0.29, 0.717) is 11.5 Å². The number of nitrogens with zero attached hydrogens (tertiary/aromatic N) is 1. The van der Waals surface area contributed by atoms with E-state index in [9.17, 15) is 0 Å². The van der Waals surface area contributed by atoms with Crippen LogP contribution in [0.4, 0.5) is 0 Å². The van der Waals surface area contributed by atoms with Crippen LogP contribution < -0.4 is 5.32 Å². The number of hydrogen-bond acceptors (Lipinski definition) is 2. The fraction of sp³-hybridized carbons (Fsp3) is 1.00. The molecule has 1 atom stereocenters. The first kappa shape index (κ1) is 12.4. The molecule has 0 aromatic rings. The molecule has 1 heterocycles. The van der Waals surface area contributed by atoms with Gasteiger partial charge in [-0.25, -0.2) is 0 Å². The number of nitrogens with one attached hydrogen (secondary N) is 1. The van der Waals surface area contributed by atoms with Crippen LogP contribution in [0.1, 0.15) is 46.5 Å². The van der Waals surface area contributed by atoms with Gasteiger partial charge in [0.25, 0.3) is 0 Å². The molecule has 1 saturated heterocycles. The van der Waals surface area contributed by atoms with Gasteiger partial charge in [0.05, 0.1) is 0 Å². The van der Waals surface area contributed by atoms with E-state index in [2.05, 4.69) is 31.0 Å². The van der Waals surface area contributed by atoms with E-state index >= 15 is 0 Å². The molecule has 2 nitrogen and oxygen atoms in total. The van der Waals surface area contributed by atoms with E-state index in [1.807, 2.05) is 0 Å². The van der Waals surface area contributed by atoms with Crippen LogP contribution in [0.25, 0.3) is 0 Å². The summed E-state index contributed by atoms with van der Waals surface area (Å²) < 4.78 is 0. The van der Waals surface area contributed by atoms with Crippen LogP contribution in [0.3, 0.4) is 0 Å².